The zero-order chi connectivity index (χ0) is 33.2. The van der Waals surface area contributed by atoms with Gasteiger partial charge < -0.3 is 28.4 Å². The molecule has 1 saturated heterocycles. The molecule has 1 rings (SSSR count). The summed E-state index contributed by atoms with van der Waals surface area (Å²) in [5.74, 6) is -3.34. The zero-order valence-corrected chi connectivity index (χ0v) is 28.1. The van der Waals surface area contributed by atoms with Gasteiger partial charge in [0, 0.05) is 0 Å². The molecule has 0 saturated carbocycles. The minimum absolute atomic E-state index is 0.439. The monoisotopic (exact) mass is 600 g/mol. The number of hydrogen-bond acceptors (Lipinski definition) is 11. The van der Waals surface area contributed by atoms with E-state index in [2.05, 4.69) is 0 Å². The van der Waals surface area contributed by atoms with Crippen molar-refractivity contribution in [3.63, 3.8) is 0 Å². The summed E-state index contributed by atoms with van der Waals surface area (Å²) in [6.45, 7) is 24.1. The Labute approximate surface area is 250 Å². The Balaban J connectivity index is 3.82. The van der Waals surface area contributed by atoms with Gasteiger partial charge in [-0.05, 0) is 104 Å². The normalized spacial score (nSPS) is 23.8. The van der Waals surface area contributed by atoms with Crippen molar-refractivity contribution in [3.8, 4) is 0 Å². The lowest BCUT2D eigenvalue weighted by atomic mass is 9.92. The Hall–Kier alpha value is -2.69. The van der Waals surface area contributed by atoms with Crippen LogP contribution in [0.1, 0.15) is 104 Å². The van der Waals surface area contributed by atoms with Crippen molar-refractivity contribution in [3.05, 3.63) is 0 Å². The van der Waals surface area contributed by atoms with Crippen LogP contribution in [0.15, 0.2) is 0 Å². The quantitative estimate of drug-likeness (QED) is 0.308. The van der Waals surface area contributed by atoms with Crippen LogP contribution in [0.25, 0.3) is 0 Å². The van der Waals surface area contributed by atoms with Gasteiger partial charge in [-0.25, -0.2) is 0 Å². The molecule has 42 heavy (non-hydrogen) atoms. The molecule has 2 unspecified atom stereocenters. The summed E-state index contributed by atoms with van der Waals surface area (Å²) in [5.41, 5.74) is -4.86. The predicted molar refractivity (Wildman–Crippen MR) is 153 cm³/mol. The molecule has 11 heteroatoms. The minimum Gasteiger partial charge on any atom is -0.462 e. The summed E-state index contributed by atoms with van der Waals surface area (Å²) in [4.78, 5) is 65.3. The third-order valence-electron chi connectivity index (χ3n) is 5.98. The minimum atomic E-state index is -1.59. The molecular formula is C31H52O11. The average molecular weight is 601 g/mol. The molecule has 0 aliphatic carbocycles. The van der Waals surface area contributed by atoms with E-state index in [1.54, 1.807) is 104 Å². The summed E-state index contributed by atoms with van der Waals surface area (Å²) in [6, 6.07) is 0. The molecule has 0 aromatic rings. The number of rotatable bonds is 6. The topological polar surface area (TPSA) is 141 Å². The third-order valence-corrected chi connectivity index (χ3v) is 5.98. The van der Waals surface area contributed by atoms with Gasteiger partial charge >= 0.3 is 29.8 Å². The SMILES string of the molecule is CC(C)(C)C(=O)OCC1O[C@H](OC(=O)C(C)(C)C)C(OC(=O)C(C)(C)C)[C@H](OC(=O)C(C)(C)C)[C@@H]1OC(=O)C(C)(C)C. The van der Waals surface area contributed by atoms with Gasteiger partial charge in [-0.3, -0.25) is 24.0 Å². The third kappa shape index (κ3) is 10.5. The molecule has 0 amide bonds. The molecule has 0 radical (unpaired) electrons. The van der Waals surface area contributed by atoms with Crippen LogP contribution in [0, 0.1) is 27.1 Å². The highest BCUT2D eigenvalue weighted by atomic mass is 16.7. The molecule has 1 aliphatic heterocycles. The van der Waals surface area contributed by atoms with Gasteiger partial charge in [-0.1, -0.05) is 0 Å². The van der Waals surface area contributed by atoms with Gasteiger partial charge in [-0.2, -0.15) is 0 Å². The Morgan fingerprint density at radius 1 is 0.452 bits per heavy atom. The second-order valence-corrected chi connectivity index (χ2v) is 15.9. The van der Waals surface area contributed by atoms with Crippen LogP contribution >= 0.6 is 0 Å². The van der Waals surface area contributed by atoms with E-state index < -0.39 is 94.2 Å². The lowest BCUT2D eigenvalue weighted by molar-refractivity contribution is -0.306. The van der Waals surface area contributed by atoms with E-state index in [0.29, 0.717) is 0 Å². The van der Waals surface area contributed by atoms with Crippen LogP contribution in [0.4, 0.5) is 0 Å². The lowest BCUT2D eigenvalue weighted by Crippen LogP contribution is -2.64. The van der Waals surface area contributed by atoms with Gasteiger partial charge in [0.15, 0.2) is 12.2 Å². The first-order valence-electron chi connectivity index (χ1n) is 14.2. The summed E-state index contributed by atoms with van der Waals surface area (Å²) >= 11 is 0. The Kier molecular flexibility index (Phi) is 11.5. The van der Waals surface area contributed by atoms with Crippen molar-refractivity contribution in [1.82, 2.24) is 0 Å². The molecule has 1 aliphatic rings. The fourth-order valence-electron chi connectivity index (χ4n) is 3.07. The first kappa shape index (κ1) is 37.3. The Morgan fingerprint density at radius 2 is 0.762 bits per heavy atom. The predicted octanol–water partition coefficient (Wildman–Crippen LogP) is 4.76. The molecule has 1 heterocycles. The lowest BCUT2D eigenvalue weighted by Gasteiger charge is -2.45. The van der Waals surface area contributed by atoms with Crippen LogP contribution in [-0.2, 0) is 52.4 Å². The highest BCUT2D eigenvalue weighted by molar-refractivity contribution is 5.78. The van der Waals surface area contributed by atoms with Crippen molar-refractivity contribution in [1.29, 1.82) is 0 Å². The highest BCUT2D eigenvalue weighted by Gasteiger charge is 2.56. The molecule has 1 fully saturated rings. The maximum absolute atomic E-state index is 13.2. The first-order chi connectivity index (χ1) is 18.6. The summed E-state index contributed by atoms with van der Waals surface area (Å²) in [6.07, 6.45) is -7.27. The number of ether oxygens (including phenoxy) is 6. The van der Waals surface area contributed by atoms with Crippen molar-refractivity contribution in [2.75, 3.05) is 6.61 Å². The van der Waals surface area contributed by atoms with Crippen molar-refractivity contribution in [2.24, 2.45) is 27.1 Å². The summed E-state index contributed by atoms with van der Waals surface area (Å²) < 4.78 is 34.9. The Morgan fingerprint density at radius 3 is 1.12 bits per heavy atom. The number of carbonyl (C=O) groups excluding carboxylic acids is 5. The van der Waals surface area contributed by atoms with Crippen LogP contribution in [-0.4, -0.2) is 67.2 Å². The Bertz CT molecular complexity index is 1010. The molecule has 0 aromatic heterocycles. The van der Waals surface area contributed by atoms with Crippen LogP contribution in [0.3, 0.4) is 0 Å². The first-order valence-corrected chi connectivity index (χ1v) is 14.2. The van der Waals surface area contributed by atoms with E-state index in [1.165, 1.54) is 0 Å². The van der Waals surface area contributed by atoms with Gasteiger partial charge in [0.1, 0.15) is 12.7 Å². The van der Waals surface area contributed by atoms with Gasteiger partial charge in [0.25, 0.3) is 0 Å². The molecule has 0 bridgehead atoms. The zero-order valence-electron chi connectivity index (χ0n) is 28.1. The summed E-state index contributed by atoms with van der Waals surface area (Å²) in [5, 5.41) is 0. The molecule has 0 aromatic carbocycles. The van der Waals surface area contributed by atoms with E-state index in [-0.39, 0.29) is 0 Å². The van der Waals surface area contributed by atoms with E-state index in [1.807, 2.05) is 0 Å². The summed E-state index contributed by atoms with van der Waals surface area (Å²) in [7, 11) is 0. The largest absolute Gasteiger partial charge is 0.462 e. The van der Waals surface area contributed by atoms with E-state index in [4.69, 9.17) is 28.4 Å². The maximum Gasteiger partial charge on any atom is 0.313 e. The second kappa shape index (κ2) is 12.9. The van der Waals surface area contributed by atoms with Crippen molar-refractivity contribution in [2.45, 2.75) is 135 Å². The fourth-order valence-corrected chi connectivity index (χ4v) is 3.07. The standard InChI is InChI=1S/C31H52O11/c1-27(2,3)22(32)37-16-17-18(39-23(33)28(4,5)6)19(40-24(34)29(7,8)9)20(41-25(35)30(10,11)12)21(38-17)42-26(36)31(13,14)15/h17-21H,16H2,1-15H3/t17?,18-,19-,20?,21-/m1/s1. The number of hydrogen-bond donors (Lipinski definition) is 0. The second-order valence-electron chi connectivity index (χ2n) is 15.9. The van der Waals surface area contributed by atoms with E-state index in [0.717, 1.165) is 0 Å². The van der Waals surface area contributed by atoms with Gasteiger partial charge in [0.2, 0.25) is 12.4 Å². The molecule has 242 valence electrons. The van der Waals surface area contributed by atoms with Crippen molar-refractivity contribution < 1.29 is 52.4 Å². The average Bonchev–Trinajstić information content (AvgIpc) is 2.77. The van der Waals surface area contributed by atoms with Crippen LogP contribution in [0.2, 0.25) is 0 Å². The molecule has 5 atom stereocenters. The smallest absolute Gasteiger partial charge is 0.313 e. The van der Waals surface area contributed by atoms with Gasteiger partial charge in [0.05, 0.1) is 27.1 Å². The molecular weight excluding hydrogens is 548 g/mol. The van der Waals surface area contributed by atoms with Crippen LogP contribution in [0.5, 0.6) is 0 Å². The van der Waals surface area contributed by atoms with Crippen molar-refractivity contribution >= 4 is 29.8 Å². The number of carbonyl (C=O) groups is 5. The van der Waals surface area contributed by atoms with Crippen LogP contribution < -0.4 is 0 Å². The molecule has 0 N–H and O–H groups in total. The fraction of sp³-hybridized carbons (Fsp3) is 0.839. The molecule has 0 spiro atoms. The highest BCUT2D eigenvalue weighted by Crippen LogP contribution is 2.35. The van der Waals surface area contributed by atoms with Gasteiger partial charge in [-0.15, -0.1) is 0 Å². The maximum atomic E-state index is 13.2. The van der Waals surface area contributed by atoms with E-state index >= 15 is 0 Å². The van der Waals surface area contributed by atoms with E-state index in [9.17, 15) is 24.0 Å². The number of esters is 5. The molecule has 11 nitrogen and oxygen atoms in total.